The standard InChI is InChI=1S/C15H22ClNO2.ClH/c1-3-19-14-9-11(8-13(16)15(14)18-2)10-17-12-6-4-5-7-12;/h8-9,12,17H,3-7,10H2,1-2H3;1H/p-1. The monoisotopic (exact) mass is 318 g/mol. The number of hydrogen-bond donors (Lipinski definition) is 1. The molecular weight excluding hydrogens is 297 g/mol. The van der Waals surface area contributed by atoms with Crippen molar-refractivity contribution in [1.29, 1.82) is 0 Å². The molecule has 1 aromatic rings. The van der Waals surface area contributed by atoms with Crippen LogP contribution in [0.2, 0.25) is 5.02 Å². The highest BCUT2D eigenvalue weighted by molar-refractivity contribution is 6.32. The summed E-state index contributed by atoms with van der Waals surface area (Å²) in [6.07, 6.45) is 5.24. The molecule has 0 spiro atoms. The Balaban J connectivity index is 0.00000200. The van der Waals surface area contributed by atoms with Crippen LogP contribution in [0.5, 0.6) is 11.5 Å². The van der Waals surface area contributed by atoms with E-state index in [-0.39, 0.29) is 12.4 Å². The van der Waals surface area contributed by atoms with Gasteiger partial charge in [0, 0.05) is 12.6 Å². The largest absolute Gasteiger partial charge is 1.00 e. The summed E-state index contributed by atoms with van der Waals surface area (Å²) in [6, 6.07) is 4.61. The van der Waals surface area contributed by atoms with Crippen LogP contribution in [0.3, 0.4) is 0 Å². The van der Waals surface area contributed by atoms with E-state index >= 15 is 0 Å². The average Bonchev–Trinajstić information content (AvgIpc) is 2.90. The van der Waals surface area contributed by atoms with E-state index in [0.717, 1.165) is 17.9 Å². The van der Waals surface area contributed by atoms with Gasteiger partial charge in [-0.3, -0.25) is 0 Å². The smallest absolute Gasteiger partial charge is 0.179 e. The van der Waals surface area contributed by atoms with E-state index in [1.165, 1.54) is 25.7 Å². The lowest BCUT2D eigenvalue weighted by atomic mass is 10.1. The summed E-state index contributed by atoms with van der Waals surface area (Å²) in [7, 11) is 1.61. The molecule has 1 aliphatic rings. The van der Waals surface area contributed by atoms with Gasteiger partial charge in [0.2, 0.25) is 0 Å². The molecule has 0 saturated heterocycles. The van der Waals surface area contributed by atoms with Gasteiger partial charge in [0.1, 0.15) is 0 Å². The maximum atomic E-state index is 6.23. The van der Waals surface area contributed by atoms with E-state index in [4.69, 9.17) is 21.1 Å². The molecule has 1 fully saturated rings. The Morgan fingerprint density at radius 1 is 1.30 bits per heavy atom. The third kappa shape index (κ3) is 4.44. The van der Waals surface area contributed by atoms with E-state index in [1.54, 1.807) is 7.11 Å². The fraction of sp³-hybridized carbons (Fsp3) is 0.600. The van der Waals surface area contributed by atoms with Crippen LogP contribution in [0, 0.1) is 0 Å². The molecule has 1 aliphatic carbocycles. The second-order valence-corrected chi connectivity index (χ2v) is 5.31. The SMILES string of the molecule is CCOc1cc(CNC2CCCC2)cc(Cl)c1OC.[Cl-]. The maximum absolute atomic E-state index is 6.23. The van der Waals surface area contributed by atoms with E-state index in [9.17, 15) is 0 Å². The fourth-order valence-electron chi connectivity index (χ4n) is 2.58. The molecule has 0 atom stereocenters. The Morgan fingerprint density at radius 3 is 2.60 bits per heavy atom. The molecule has 20 heavy (non-hydrogen) atoms. The summed E-state index contributed by atoms with van der Waals surface area (Å²) in [6.45, 7) is 3.39. The predicted molar refractivity (Wildman–Crippen MR) is 78.3 cm³/mol. The molecule has 0 radical (unpaired) electrons. The van der Waals surface area contributed by atoms with Gasteiger partial charge in [-0.25, -0.2) is 0 Å². The molecule has 1 aromatic carbocycles. The van der Waals surface area contributed by atoms with Crippen molar-refractivity contribution < 1.29 is 21.9 Å². The second-order valence-electron chi connectivity index (χ2n) is 4.90. The number of rotatable bonds is 6. The van der Waals surface area contributed by atoms with Crippen molar-refractivity contribution >= 4 is 11.6 Å². The zero-order chi connectivity index (χ0) is 13.7. The third-order valence-corrected chi connectivity index (χ3v) is 3.80. The van der Waals surface area contributed by atoms with Gasteiger partial charge in [-0.1, -0.05) is 24.4 Å². The van der Waals surface area contributed by atoms with Crippen molar-refractivity contribution in [1.82, 2.24) is 5.32 Å². The van der Waals surface area contributed by atoms with Crippen LogP contribution in [-0.2, 0) is 6.54 Å². The average molecular weight is 319 g/mol. The Hall–Kier alpha value is -0.640. The van der Waals surface area contributed by atoms with Crippen molar-refractivity contribution in [3.8, 4) is 11.5 Å². The molecule has 0 unspecified atom stereocenters. The van der Waals surface area contributed by atoms with Gasteiger partial charge in [-0.2, -0.15) is 0 Å². The lowest BCUT2D eigenvalue weighted by Crippen LogP contribution is -3.00. The van der Waals surface area contributed by atoms with Gasteiger partial charge in [-0.05, 0) is 37.5 Å². The van der Waals surface area contributed by atoms with Gasteiger partial charge < -0.3 is 27.2 Å². The fourth-order valence-corrected chi connectivity index (χ4v) is 2.89. The number of halogens is 2. The Labute approximate surface area is 132 Å². The van der Waals surface area contributed by atoms with E-state index < -0.39 is 0 Å². The lowest BCUT2D eigenvalue weighted by Gasteiger charge is -2.15. The maximum Gasteiger partial charge on any atom is 0.179 e. The Bertz CT molecular complexity index is 421. The van der Waals surface area contributed by atoms with Gasteiger partial charge in [0.25, 0.3) is 0 Å². The highest BCUT2D eigenvalue weighted by Crippen LogP contribution is 2.36. The molecule has 3 nitrogen and oxygen atoms in total. The van der Waals surface area contributed by atoms with Crippen LogP contribution in [0.15, 0.2) is 12.1 Å². The van der Waals surface area contributed by atoms with Crippen molar-refractivity contribution in [2.24, 2.45) is 0 Å². The first-order valence-corrected chi connectivity index (χ1v) is 7.35. The number of ether oxygens (including phenoxy) is 2. The first-order chi connectivity index (χ1) is 9.24. The Kier molecular flexibility index (Phi) is 7.49. The highest BCUT2D eigenvalue weighted by Gasteiger charge is 2.15. The Morgan fingerprint density at radius 2 is 2.00 bits per heavy atom. The first kappa shape index (κ1) is 17.4. The predicted octanol–water partition coefficient (Wildman–Crippen LogP) is 0.783. The number of nitrogens with one attached hydrogen (secondary N) is 1. The van der Waals surface area contributed by atoms with Crippen LogP contribution in [0.25, 0.3) is 0 Å². The first-order valence-electron chi connectivity index (χ1n) is 6.97. The second kappa shape index (κ2) is 8.60. The topological polar surface area (TPSA) is 30.5 Å². The van der Waals surface area contributed by atoms with Gasteiger partial charge in [0.05, 0.1) is 18.7 Å². The molecule has 0 amide bonds. The number of benzene rings is 1. The summed E-state index contributed by atoms with van der Waals surface area (Å²) in [4.78, 5) is 0. The van der Waals surface area contributed by atoms with Crippen LogP contribution in [0.1, 0.15) is 38.2 Å². The number of methoxy groups -OCH3 is 1. The van der Waals surface area contributed by atoms with Crippen molar-refractivity contribution in [3.63, 3.8) is 0 Å². The van der Waals surface area contributed by atoms with Crippen molar-refractivity contribution in [2.75, 3.05) is 13.7 Å². The summed E-state index contributed by atoms with van der Waals surface area (Å²) in [5.74, 6) is 1.34. The highest BCUT2D eigenvalue weighted by atomic mass is 35.5. The van der Waals surface area contributed by atoms with Gasteiger partial charge in [0.15, 0.2) is 11.5 Å². The summed E-state index contributed by atoms with van der Waals surface area (Å²) >= 11 is 6.23. The molecule has 114 valence electrons. The molecule has 0 aromatic heterocycles. The summed E-state index contributed by atoms with van der Waals surface area (Å²) < 4.78 is 10.9. The quantitative estimate of drug-likeness (QED) is 0.841. The zero-order valence-electron chi connectivity index (χ0n) is 12.0. The van der Waals surface area contributed by atoms with Crippen LogP contribution >= 0.6 is 11.6 Å². The molecule has 0 aliphatic heterocycles. The zero-order valence-corrected chi connectivity index (χ0v) is 13.6. The molecule has 0 heterocycles. The van der Waals surface area contributed by atoms with Gasteiger partial charge in [-0.15, -0.1) is 0 Å². The molecule has 5 heteroatoms. The van der Waals surface area contributed by atoms with E-state index in [0.29, 0.717) is 23.4 Å². The van der Waals surface area contributed by atoms with Crippen molar-refractivity contribution in [3.05, 3.63) is 22.7 Å². The lowest BCUT2D eigenvalue weighted by molar-refractivity contribution is -0.00000469. The molecular formula is C15H22Cl2NO2-. The minimum absolute atomic E-state index is 0. The van der Waals surface area contributed by atoms with E-state index in [2.05, 4.69) is 5.32 Å². The number of hydrogen-bond acceptors (Lipinski definition) is 3. The van der Waals surface area contributed by atoms with Crippen LogP contribution in [-0.4, -0.2) is 19.8 Å². The van der Waals surface area contributed by atoms with Gasteiger partial charge >= 0.3 is 0 Å². The molecule has 2 rings (SSSR count). The van der Waals surface area contributed by atoms with Crippen LogP contribution < -0.4 is 27.2 Å². The third-order valence-electron chi connectivity index (χ3n) is 3.52. The summed E-state index contributed by atoms with van der Waals surface area (Å²) in [5, 5.41) is 4.18. The molecule has 1 saturated carbocycles. The minimum Gasteiger partial charge on any atom is -1.00 e. The van der Waals surface area contributed by atoms with E-state index in [1.807, 2.05) is 19.1 Å². The summed E-state index contributed by atoms with van der Waals surface area (Å²) in [5.41, 5.74) is 1.14. The van der Waals surface area contributed by atoms with Crippen LogP contribution in [0.4, 0.5) is 0 Å². The minimum atomic E-state index is 0. The molecule has 1 N–H and O–H groups in total. The molecule has 0 bridgehead atoms. The normalized spacial score (nSPS) is 14.9. The van der Waals surface area contributed by atoms with Crippen molar-refractivity contribution in [2.45, 2.75) is 45.2 Å².